The van der Waals surface area contributed by atoms with Crippen molar-refractivity contribution in [1.29, 1.82) is 0 Å². The number of anilines is 2. The molecule has 0 aliphatic carbocycles. The number of aromatic amines is 1. The number of rotatable bonds is 8. The van der Waals surface area contributed by atoms with Crippen molar-refractivity contribution < 1.29 is 9.26 Å². The lowest BCUT2D eigenvalue weighted by Crippen LogP contribution is -2.12. The third kappa shape index (κ3) is 4.27. The number of imidazole rings is 1. The van der Waals surface area contributed by atoms with Gasteiger partial charge in [-0.25, -0.2) is 9.50 Å². The van der Waals surface area contributed by atoms with Crippen LogP contribution in [-0.4, -0.2) is 42.0 Å². The number of nitrogens with one attached hydrogen (secondary N) is 3. The average Bonchev–Trinajstić information content (AvgIpc) is 3.63. The summed E-state index contributed by atoms with van der Waals surface area (Å²) in [5, 5.41) is 23.4. The van der Waals surface area contributed by atoms with Crippen molar-refractivity contribution in [3.63, 3.8) is 0 Å². The first-order valence-corrected chi connectivity index (χ1v) is 11.0. The summed E-state index contributed by atoms with van der Waals surface area (Å²) in [5.74, 6) is 2.38. The molecule has 6 rings (SSSR count). The van der Waals surface area contributed by atoms with E-state index in [2.05, 4.69) is 41.1 Å². The monoisotopic (exact) mass is 467 g/mol. The van der Waals surface area contributed by atoms with Gasteiger partial charge in [0.05, 0.1) is 31.6 Å². The number of fused-ring (bicyclic) bond motifs is 2. The van der Waals surface area contributed by atoms with Crippen LogP contribution in [0.25, 0.3) is 28.1 Å². The lowest BCUT2D eigenvalue weighted by atomic mass is 10.2. The fraction of sp³-hybridized carbons (Fsp3) is 0.125. The van der Waals surface area contributed by atoms with E-state index in [1.165, 1.54) is 0 Å². The van der Waals surface area contributed by atoms with Gasteiger partial charge in [-0.05, 0) is 48.0 Å². The van der Waals surface area contributed by atoms with E-state index in [1.807, 2.05) is 54.6 Å². The Labute approximate surface area is 199 Å². The van der Waals surface area contributed by atoms with Gasteiger partial charge in [-0.1, -0.05) is 17.3 Å². The Kier molecular flexibility index (Phi) is 5.28. The topological polar surface area (TPSA) is 131 Å². The van der Waals surface area contributed by atoms with Crippen LogP contribution in [0.3, 0.4) is 0 Å². The number of nitrogens with zero attached hydrogens (tertiary/aromatic N) is 6. The lowest BCUT2D eigenvalue weighted by Gasteiger charge is -2.06. The molecule has 35 heavy (non-hydrogen) atoms. The van der Waals surface area contributed by atoms with Crippen LogP contribution in [-0.2, 0) is 13.1 Å². The van der Waals surface area contributed by atoms with Gasteiger partial charge in [-0.2, -0.15) is 10.1 Å². The summed E-state index contributed by atoms with van der Waals surface area (Å²) in [6.07, 6.45) is 3.47. The third-order valence-electron chi connectivity index (χ3n) is 5.54. The van der Waals surface area contributed by atoms with Crippen molar-refractivity contribution >= 4 is 28.1 Å². The van der Waals surface area contributed by atoms with E-state index in [4.69, 9.17) is 9.26 Å². The maximum atomic E-state index is 5.43. The zero-order valence-corrected chi connectivity index (χ0v) is 18.8. The molecule has 4 heterocycles. The minimum atomic E-state index is 0.420. The summed E-state index contributed by atoms with van der Waals surface area (Å²) < 4.78 is 12.3. The Morgan fingerprint density at radius 2 is 1.94 bits per heavy atom. The second-order valence-electron chi connectivity index (χ2n) is 7.89. The number of methoxy groups -OCH3 is 1. The minimum Gasteiger partial charge on any atom is -0.497 e. The number of aromatic nitrogens is 7. The van der Waals surface area contributed by atoms with Crippen LogP contribution < -0.4 is 15.4 Å². The highest BCUT2D eigenvalue weighted by molar-refractivity contribution is 5.82. The summed E-state index contributed by atoms with van der Waals surface area (Å²) in [6.45, 7) is 1.10. The molecule has 0 radical (unpaired) electrons. The van der Waals surface area contributed by atoms with Gasteiger partial charge in [-0.15, -0.1) is 5.10 Å². The minimum absolute atomic E-state index is 0.420. The highest BCUT2D eigenvalue weighted by Crippen LogP contribution is 2.22. The fourth-order valence-electron chi connectivity index (χ4n) is 3.75. The first-order chi connectivity index (χ1) is 17.2. The van der Waals surface area contributed by atoms with Crippen LogP contribution in [0.5, 0.6) is 5.75 Å². The molecule has 0 spiro atoms. The van der Waals surface area contributed by atoms with E-state index in [0.717, 1.165) is 27.9 Å². The molecule has 174 valence electrons. The molecular weight excluding hydrogens is 446 g/mol. The second kappa shape index (κ2) is 8.88. The molecule has 3 N–H and O–H groups in total. The molecule has 11 nitrogen and oxygen atoms in total. The standard InChI is InChI=1S/C24H21N9O2/c1-34-18-5-2-15(3-6-18)11-25-14-23-29-24(32-35-23)20-13-26-22-9-8-21(31-33(20)22)28-17-4-7-19-16(10-17)12-27-30-19/h2-10,12-13,25H,11,14H2,1H3,(H,27,30)(H,28,31). The molecule has 2 aromatic carbocycles. The Morgan fingerprint density at radius 3 is 2.83 bits per heavy atom. The molecule has 0 fully saturated rings. The average molecular weight is 467 g/mol. The Hall–Kier alpha value is -4.77. The predicted molar refractivity (Wildman–Crippen MR) is 129 cm³/mol. The molecular formula is C24H21N9O2. The lowest BCUT2D eigenvalue weighted by molar-refractivity contribution is 0.367. The molecule has 6 aromatic rings. The first kappa shape index (κ1) is 20.8. The number of ether oxygens (including phenoxy) is 1. The van der Waals surface area contributed by atoms with Crippen molar-refractivity contribution in [2.75, 3.05) is 12.4 Å². The maximum Gasteiger partial charge on any atom is 0.240 e. The van der Waals surface area contributed by atoms with Crippen molar-refractivity contribution in [3.05, 3.63) is 78.4 Å². The first-order valence-electron chi connectivity index (χ1n) is 11.0. The molecule has 0 unspecified atom stereocenters. The SMILES string of the molecule is COc1ccc(CNCc2nc(-c3cnc4ccc(Nc5ccc6[nH]ncc6c5)nn34)no2)cc1. The summed E-state index contributed by atoms with van der Waals surface area (Å²) in [4.78, 5) is 8.93. The summed E-state index contributed by atoms with van der Waals surface area (Å²) >= 11 is 0. The quantitative estimate of drug-likeness (QED) is 0.307. The summed E-state index contributed by atoms with van der Waals surface area (Å²) in [5.41, 5.74) is 4.32. The summed E-state index contributed by atoms with van der Waals surface area (Å²) in [6, 6.07) is 17.6. The fourth-order valence-corrected chi connectivity index (χ4v) is 3.75. The van der Waals surface area contributed by atoms with Crippen LogP contribution in [0.4, 0.5) is 11.5 Å². The van der Waals surface area contributed by atoms with Crippen LogP contribution >= 0.6 is 0 Å². The van der Waals surface area contributed by atoms with Gasteiger partial charge in [0.1, 0.15) is 11.4 Å². The van der Waals surface area contributed by atoms with Crippen LogP contribution in [0.2, 0.25) is 0 Å². The van der Waals surface area contributed by atoms with Gasteiger partial charge in [0.25, 0.3) is 0 Å². The summed E-state index contributed by atoms with van der Waals surface area (Å²) in [7, 11) is 1.65. The molecule has 0 aliphatic heterocycles. The van der Waals surface area contributed by atoms with Crippen LogP contribution in [0.1, 0.15) is 11.5 Å². The van der Waals surface area contributed by atoms with Crippen LogP contribution in [0.15, 0.2) is 71.5 Å². The highest BCUT2D eigenvalue weighted by atomic mass is 16.5. The van der Waals surface area contributed by atoms with E-state index in [1.54, 1.807) is 24.0 Å². The Morgan fingerprint density at radius 1 is 1.03 bits per heavy atom. The van der Waals surface area contributed by atoms with Gasteiger partial charge in [0.15, 0.2) is 11.5 Å². The number of hydrogen-bond acceptors (Lipinski definition) is 9. The second-order valence-corrected chi connectivity index (χ2v) is 7.89. The van der Waals surface area contributed by atoms with Gasteiger partial charge >= 0.3 is 0 Å². The van der Waals surface area contributed by atoms with Crippen molar-refractivity contribution in [3.8, 4) is 17.3 Å². The molecule has 0 aliphatic rings. The largest absolute Gasteiger partial charge is 0.497 e. The molecule has 0 amide bonds. The van der Waals surface area contributed by atoms with Gasteiger partial charge in [0, 0.05) is 17.6 Å². The number of benzene rings is 2. The predicted octanol–water partition coefficient (Wildman–Crippen LogP) is 3.70. The van der Waals surface area contributed by atoms with Crippen LogP contribution in [0, 0.1) is 0 Å². The van der Waals surface area contributed by atoms with Gasteiger partial charge < -0.3 is 19.9 Å². The van der Waals surface area contributed by atoms with Crippen molar-refractivity contribution in [1.82, 2.24) is 40.3 Å². The highest BCUT2D eigenvalue weighted by Gasteiger charge is 2.15. The Bertz CT molecular complexity index is 1600. The third-order valence-corrected chi connectivity index (χ3v) is 5.54. The van der Waals surface area contributed by atoms with E-state index in [0.29, 0.717) is 42.0 Å². The van der Waals surface area contributed by atoms with E-state index < -0.39 is 0 Å². The van der Waals surface area contributed by atoms with E-state index in [-0.39, 0.29) is 0 Å². The molecule has 0 bridgehead atoms. The van der Waals surface area contributed by atoms with E-state index >= 15 is 0 Å². The normalized spacial score (nSPS) is 11.3. The maximum absolute atomic E-state index is 5.43. The van der Waals surface area contributed by atoms with Crippen molar-refractivity contribution in [2.24, 2.45) is 0 Å². The van der Waals surface area contributed by atoms with Gasteiger partial charge in [0.2, 0.25) is 11.7 Å². The van der Waals surface area contributed by atoms with Gasteiger partial charge in [-0.3, -0.25) is 5.10 Å². The number of H-pyrrole nitrogens is 1. The molecule has 0 saturated carbocycles. The molecule has 0 atom stereocenters. The molecule has 0 saturated heterocycles. The van der Waals surface area contributed by atoms with E-state index in [9.17, 15) is 0 Å². The van der Waals surface area contributed by atoms with Crippen molar-refractivity contribution in [2.45, 2.75) is 13.1 Å². The number of hydrogen-bond donors (Lipinski definition) is 3. The molecule has 4 aromatic heterocycles. The zero-order chi connectivity index (χ0) is 23.6. The zero-order valence-electron chi connectivity index (χ0n) is 18.8. The Balaban J connectivity index is 1.17. The molecule has 11 heteroatoms. The smallest absolute Gasteiger partial charge is 0.240 e.